The highest BCUT2D eigenvalue weighted by Crippen LogP contribution is 2.18. The predicted octanol–water partition coefficient (Wildman–Crippen LogP) is 4.40. The molecular weight excluding hydrogens is 352 g/mol. The van der Waals surface area contributed by atoms with Crippen molar-refractivity contribution in [1.82, 2.24) is 10.2 Å². The Morgan fingerprint density at radius 3 is 2.69 bits per heavy atom. The second-order valence-electron chi connectivity index (χ2n) is 7.19. The molecule has 5 nitrogen and oxygen atoms in total. The monoisotopic (exact) mass is 384 g/mol. The van der Waals surface area contributed by atoms with Crippen molar-refractivity contribution in [3.63, 3.8) is 0 Å². The molecule has 0 aliphatic carbocycles. The number of hydrogen-bond acceptors (Lipinski definition) is 4. The van der Waals surface area contributed by atoms with E-state index in [0.29, 0.717) is 13.2 Å². The molecule has 1 aromatic carbocycles. The fourth-order valence-corrected chi connectivity index (χ4v) is 2.75. The summed E-state index contributed by atoms with van der Waals surface area (Å²) in [6.45, 7) is 15.1. The number of halogens is 1. The molecule has 2 rings (SSSR count). The number of rotatable bonds is 4. The Morgan fingerprint density at radius 1 is 1.38 bits per heavy atom. The van der Waals surface area contributed by atoms with Crippen LogP contribution in [0.4, 0.5) is 4.79 Å². The van der Waals surface area contributed by atoms with Gasteiger partial charge < -0.3 is 14.8 Å². The van der Waals surface area contributed by atoms with E-state index in [1.54, 1.807) is 0 Å². The zero-order chi connectivity index (χ0) is 19.7. The first kappa shape index (κ1) is 22.7. The van der Waals surface area contributed by atoms with E-state index in [1.165, 1.54) is 5.56 Å². The average Bonchev–Trinajstić information content (AvgIpc) is 2.57. The van der Waals surface area contributed by atoms with Crippen molar-refractivity contribution < 1.29 is 14.3 Å². The standard InChI is InChI=1S/C18H27ClN2O3.C2H6/c1-13-5-6-14(9-16(13)19)11-21-7-8-23-15(12-21)10-20-17(22)24-18(2,3)4;1-2/h5-6,9,15H,7-8,10-12H2,1-4H3,(H,20,22);1-2H3/t15-;/m0./s1. The van der Waals surface area contributed by atoms with Gasteiger partial charge in [-0.2, -0.15) is 0 Å². The Balaban J connectivity index is 0.00000163. The van der Waals surface area contributed by atoms with Crippen LogP contribution in [0, 0.1) is 6.92 Å². The zero-order valence-corrected chi connectivity index (χ0v) is 17.7. The van der Waals surface area contributed by atoms with Gasteiger partial charge in [-0.1, -0.05) is 37.6 Å². The van der Waals surface area contributed by atoms with E-state index in [2.05, 4.69) is 16.3 Å². The average molecular weight is 385 g/mol. The number of benzene rings is 1. The van der Waals surface area contributed by atoms with Gasteiger partial charge in [-0.05, 0) is 44.9 Å². The zero-order valence-electron chi connectivity index (χ0n) is 16.9. The number of ether oxygens (including phenoxy) is 2. The van der Waals surface area contributed by atoms with Gasteiger partial charge in [0.15, 0.2) is 0 Å². The second-order valence-corrected chi connectivity index (χ2v) is 7.60. The maximum Gasteiger partial charge on any atom is 0.407 e. The maximum atomic E-state index is 11.7. The van der Waals surface area contributed by atoms with Crippen LogP contribution < -0.4 is 5.32 Å². The topological polar surface area (TPSA) is 50.8 Å². The Kier molecular flexibility index (Phi) is 9.41. The number of carbonyl (C=O) groups is 1. The third-order valence-corrected chi connectivity index (χ3v) is 4.15. The molecular formula is C20H33ClN2O3. The molecule has 1 atom stereocenters. The number of amides is 1. The molecule has 0 bridgehead atoms. The number of aryl methyl sites for hydroxylation is 1. The first-order valence-electron chi connectivity index (χ1n) is 9.29. The van der Waals surface area contributed by atoms with E-state index in [0.717, 1.165) is 30.2 Å². The Labute approximate surface area is 163 Å². The van der Waals surface area contributed by atoms with Crippen LogP contribution in [-0.2, 0) is 16.0 Å². The van der Waals surface area contributed by atoms with Crippen molar-refractivity contribution in [3.8, 4) is 0 Å². The summed E-state index contributed by atoms with van der Waals surface area (Å²) in [7, 11) is 0. The Morgan fingerprint density at radius 2 is 2.08 bits per heavy atom. The summed E-state index contributed by atoms with van der Waals surface area (Å²) in [5, 5.41) is 3.57. The molecule has 1 aromatic rings. The summed E-state index contributed by atoms with van der Waals surface area (Å²) in [5.74, 6) is 0. The van der Waals surface area contributed by atoms with Gasteiger partial charge in [-0.15, -0.1) is 0 Å². The van der Waals surface area contributed by atoms with Gasteiger partial charge in [-0.25, -0.2) is 4.79 Å². The van der Waals surface area contributed by atoms with Crippen molar-refractivity contribution in [1.29, 1.82) is 0 Å². The smallest absolute Gasteiger partial charge is 0.407 e. The van der Waals surface area contributed by atoms with E-state index in [4.69, 9.17) is 21.1 Å². The van der Waals surface area contributed by atoms with Crippen LogP contribution in [0.1, 0.15) is 45.7 Å². The molecule has 1 saturated heterocycles. The molecule has 1 N–H and O–H groups in total. The van der Waals surface area contributed by atoms with Crippen LogP contribution in [0.5, 0.6) is 0 Å². The lowest BCUT2D eigenvalue weighted by atomic mass is 10.1. The summed E-state index contributed by atoms with van der Waals surface area (Å²) in [6, 6.07) is 6.16. The summed E-state index contributed by atoms with van der Waals surface area (Å²) in [4.78, 5) is 14.0. The third kappa shape index (κ3) is 8.39. The summed E-state index contributed by atoms with van der Waals surface area (Å²) in [6.07, 6.45) is -0.444. The predicted molar refractivity (Wildman–Crippen MR) is 107 cm³/mol. The quantitative estimate of drug-likeness (QED) is 0.835. The van der Waals surface area contributed by atoms with Gasteiger partial charge in [0.05, 0.1) is 12.7 Å². The number of hydrogen-bond donors (Lipinski definition) is 1. The highest BCUT2D eigenvalue weighted by Gasteiger charge is 2.22. The largest absolute Gasteiger partial charge is 0.444 e. The van der Waals surface area contributed by atoms with Crippen LogP contribution >= 0.6 is 11.6 Å². The van der Waals surface area contributed by atoms with Gasteiger partial charge >= 0.3 is 6.09 Å². The number of nitrogens with zero attached hydrogens (tertiary/aromatic N) is 1. The number of morpholine rings is 1. The van der Waals surface area contributed by atoms with Crippen LogP contribution in [0.15, 0.2) is 18.2 Å². The van der Waals surface area contributed by atoms with Crippen LogP contribution in [-0.4, -0.2) is 48.9 Å². The number of nitrogens with one attached hydrogen (secondary N) is 1. The molecule has 1 fully saturated rings. The molecule has 0 radical (unpaired) electrons. The summed E-state index contributed by atoms with van der Waals surface area (Å²) in [5.41, 5.74) is 1.78. The SMILES string of the molecule is CC.Cc1ccc(CN2CCO[C@@H](CNC(=O)OC(C)(C)C)C2)cc1Cl. The minimum atomic E-state index is -0.492. The molecule has 6 heteroatoms. The first-order chi connectivity index (χ1) is 12.2. The molecule has 1 aliphatic rings. The van der Waals surface area contributed by atoms with Gasteiger partial charge in [0, 0.05) is 31.2 Å². The highest BCUT2D eigenvalue weighted by molar-refractivity contribution is 6.31. The van der Waals surface area contributed by atoms with Crippen molar-refractivity contribution >= 4 is 17.7 Å². The maximum absolute atomic E-state index is 11.7. The van der Waals surface area contributed by atoms with Gasteiger partial charge in [0.25, 0.3) is 0 Å². The van der Waals surface area contributed by atoms with Crippen LogP contribution in [0.3, 0.4) is 0 Å². The fraction of sp³-hybridized carbons (Fsp3) is 0.650. The number of carbonyl (C=O) groups excluding carboxylic acids is 1. The van der Waals surface area contributed by atoms with Crippen LogP contribution in [0.2, 0.25) is 5.02 Å². The van der Waals surface area contributed by atoms with E-state index >= 15 is 0 Å². The van der Waals surface area contributed by atoms with Crippen molar-refractivity contribution in [2.75, 3.05) is 26.2 Å². The van der Waals surface area contributed by atoms with Crippen molar-refractivity contribution in [2.45, 2.75) is 59.8 Å². The third-order valence-electron chi connectivity index (χ3n) is 3.74. The van der Waals surface area contributed by atoms with Gasteiger partial charge in [-0.3, -0.25) is 4.90 Å². The van der Waals surface area contributed by atoms with Gasteiger partial charge in [0.1, 0.15) is 5.60 Å². The molecule has 1 amide bonds. The number of alkyl carbamates (subject to hydrolysis) is 1. The Bertz CT molecular complexity index is 573. The highest BCUT2D eigenvalue weighted by atomic mass is 35.5. The molecule has 26 heavy (non-hydrogen) atoms. The Hall–Kier alpha value is -1.30. The van der Waals surface area contributed by atoms with Gasteiger partial charge in [0.2, 0.25) is 0 Å². The molecule has 0 unspecified atom stereocenters. The molecule has 1 heterocycles. The van der Waals surface area contributed by atoms with E-state index in [1.807, 2.05) is 53.7 Å². The molecule has 0 saturated carbocycles. The molecule has 0 aromatic heterocycles. The molecule has 148 valence electrons. The minimum Gasteiger partial charge on any atom is -0.444 e. The molecule has 0 spiro atoms. The normalized spacial score (nSPS) is 17.9. The van der Waals surface area contributed by atoms with Crippen molar-refractivity contribution in [2.24, 2.45) is 0 Å². The fourth-order valence-electron chi connectivity index (χ4n) is 2.55. The summed E-state index contributed by atoms with van der Waals surface area (Å²) >= 11 is 6.19. The van der Waals surface area contributed by atoms with E-state index in [-0.39, 0.29) is 6.10 Å². The first-order valence-corrected chi connectivity index (χ1v) is 9.66. The van der Waals surface area contributed by atoms with Crippen molar-refractivity contribution in [3.05, 3.63) is 34.3 Å². The van der Waals surface area contributed by atoms with E-state index < -0.39 is 11.7 Å². The second kappa shape index (κ2) is 10.8. The summed E-state index contributed by atoms with van der Waals surface area (Å²) < 4.78 is 11.0. The lowest BCUT2D eigenvalue weighted by Gasteiger charge is -2.33. The lowest BCUT2D eigenvalue weighted by molar-refractivity contribution is -0.0313. The van der Waals surface area contributed by atoms with E-state index in [9.17, 15) is 4.79 Å². The lowest BCUT2D eigenvalue weighted by Crippen LogP contribution is -2.47. The minimum absolute atomic E-state index is 0.0350. The molecule has 1 aliphatic heterocycles. The van der Waals surface area contributed by atoms with Crippen LogP contribution in [0.25, 0.3) is 0 Å².